The number of sulfonamides is 1. The SMILES string of the molecule is COc1ccc(N2CCN(C(=O)COc3ccc(S(=O)(=O)NCc4ccccc4)cc3C)CC2)cc1. The Kier molecular flexibility index (Phi) is 8.12. The highest BCUT2D eigenvalue weighted by molar-refractivity contribution is 7.89. The first-order valence-corrected chi connectivity index (χ1v) is 13.3. The number of amides is 1. The third kappa shape index (κ3) is 6.35. The average Bonchev–Trinajstić information content (AvgIpc) is 2.92. The number of aryl methyl sites for hydroxylation is 1. The minimum atomic E-state index is -3.67. The zero-order chi connectivity index (χ0) is 25.5. The fourth-order valence-corrected chi connectivity index (χ4v) is 5.15. The van der Waals surface area contributed by atoms with Crippen molar-refractivity contribution in [2.75, 3.05) is 44.8 Å². The Morgan fingerprint density at radius 3 is 2.28 bits per heavy atom. The number of benzene rings is 3. The van der Waals surface area contributed by atoms with E-state index >= 15 is 0 Å². The second-order valence-corrected chi connectivity index (χ2v) is 10.4. The summed E-state index contributed by atoms with van der Waals surface area (Å²) in [6, 6.07) is 21.9. The summed E-state index contributed by atoms with van der Waals surface area (Å²) in [5.41, 5.74) is 2.62. The van der Waals surface area contributed by atoms with E-state index in [2.05, 4.69) is 9.62 Å². The quantitative estimate of drug-likeness (QED) is 0.477. The predicted octanol–water partition coefficient (Wildman–Crippen LogP) is 3.21. The van der Waals surface area contributed by atoms with E-state index in [9.17, 15) is 13.2 Å². The maximum Gasteiger partial charge on any atom is 0.260 e. The summed E-state index contributed by atoms with van der Waals surface area (Å²) in [5, 5.41) is 0. The molecule has 0 unspecified atom stereocenters. The van der Waals surface area contributed by atoms with Gasteiger partial charge in [0, 0.05) is 38.4 Å². The number of nitrogens with zero attached hydrogens (tertiary/aromatic N) is 2. The lowest BCUT2D eigenvalue weighted by Crippen LogP contribution is -2.50. The van der Waals surface area contributed by atoms with Crippen molar-refractivity contribution in [1.82, 2.24) is 9.62 Å². The summed E-state index contributed by atoms with van der Waals surface area (Å²) in [4.78, 5) is 16.9. The molecule has 0 saturated carbocycles. The number of hydrogen-bond donors (Lipinski definition) is 1. The molecular formula is C27H31N3O5S. The van der Waals surface area contributed by atoms with Gasteiger partial charge in [0.2, 0.25) is 10.0 Å². The van der Waals surface area contributed by atoms with Crippen molar-refractivity contribution in [3.63, 3.8) is 0 Å². The summed E-state index contributed by atoms with van der Waals surface area (Å²) in [7, 11) is -2.03. The van der Waals surface area contributed by atoms with Crippen molar-refractivity contribution in [2.24, 2.45) is 0 Å². The highest BCUT2D eigenvalue weighted by Gasteiger charge is 2.22. The first-order chi connectivity index (χ1) is 17.4. The molecule has 1 aliphatic rings. The van der Waals surface area contributed by atoms with Gasteiger partial charge in [-0.25, -0.2) is 13.1 Å². The second-order valence-electron chi connectivity index (χ2n) is 8.59. The normalized spacial score (nSPS) is 13.9. The van der Waals surface area contributed by atoms with E-state index in [4.69, 9.17) is 9.47 Å². The van der Waals surface area contributed by atoms with E-state index in [1.807, 2.05) is 54.6 Å². The molecule has 1 aliphatic heterocycles. The Morgan fingerprint density at radius 1 is 0.944 bits per heavy atom. The third-order valence-electron chi connectivity index (χ3n) is 6.19. The molecule has 36 heavy (non-hydrogen) atoms. The molecule has 0 bridgehead atoms. The van der Waals surface area contributed by atoms with E-state index in [1.165, 1.54) is 6.07 Å². The number of ether oxygens (including phenoxy) is 2. The molecule has 9 heteroatoms. The Labute approximate surface area is 212 Å². The van der Waals surface area contributed by atoms with Gasteiger partial charge in [0.05, 0.1) is 12.0 Å². The number of hydrogen-bond acceptors (Lipinski definition) is 6. The van der Waals surface area contributed by atoms with Gasteiger partial charge in [-0.2, -0.15) is 0 Å². The highest BCUT2D eigenvalue weighted by atomic mass is 32.2. The minimum absolute atomic E-state index is 0.0926. The Bertz CT molecular complexity index is 1270. The second kappa shape index (κ2) is 11.5. The highest BCUT2D eigenvalue weighted by Crippen LogP contribution is 2.23. The van der Waals surface area contributed by atoms with Crippen LogP contribution in [0.15, 0.2) is 77.7 Å². The van der Waals surface area contributed by atoms with E-state index < -0.39 is 10.0 Å². The molecule has 1 amide bonds. The first-order valence-electron chi connectivity index (χ1n) is 11.8. The number of carbonyl (C=O) groups is 1. The predicted molar refractivity (Wildman–Crippen MR) is 139 cm³/mol. The molecule has 1 fully saturated rings. The molecular weight excluding hydrogens is 478 g/mol. The van der Waals surface area contributed by atoms with Gasteiger partial charge in [-0.1, -0.05) is 30.3 Å². The van der Waals surface area contributed by atoms with Crippen molar-refractivity contribution in [2.45, 2.75) is 18.4 Å². The number of rotatable bonds is 9. The molecule has 0 atom stereocenters. The van der Waals surface area contributed by atoms with Crippen molar-refractivity contribution < 1.29 is 22.7 Å². The van der Waals surface area contributed by atoms with Gasteiger partial charge in [0.15, 0.2) is 6.61 Å². The van der Waals surface area contributed by atoms with E-state index in [0.29, 0.717) is 24.4 Å². The average molecular weight is 510 g/mol. The van der Waals surface area contributed by atoms with Crippen LogP contribution in [0.1, 0.15) is 11.1 Å². The van der Waals surface area contributed by atoms with Crippen LogP contribution < -0.4 is 19.1 Å². The van der Waals surface area contributed by atoms with Crippen LogP contribution in [0.3, 0.4) is 0 Å². The van der Waals surface area contributed by atoms with E-state index in [1.54, 1.807) is 31.1 Å². The number of anilines is 1. The molecule has 0 spiro atoms. The summed E-state index contributed by atoms with van der Waals surface area (Å²) < 4.78 is 38.9. The molecule has 0 aromatic heterocycles. The molecule has 0 aliphatic carbocycles. The standard InChI is InChI=1S/C27H31N3O5S/c1-21-18-25(36(32,33)28-19-22-6-4-3-5-7-22)12-13-26(21)35-20-27(31)30-16-14-29(15-17-30)23-8-10-24(34-2)11-9-23/h3-13,18,28H,14-17,19-20H2,1-2H3. The molecule has 8 nitrogen and oxygen atoms in total. The molecule has 3 aromatic rings. The largest absolute Gasteiger partial charge is 0.497 e. The summed E-state index contributed by atoms with van der Waals surface area (Å²) >= 11 is 0. The van der Waals surface area contributed by atoms with Crippen LogP contribution in [0.25, 0.3) is 0 Å². The Hall–Kier alpha value is -3.56. The van der Waals surface area contributed by atoms with Crippen molar-refractivity contribution in [3.8, 4) is 11.5 Å². The topological polar surface area (TPSA) is 88.2 Å². The van der Waals surface area contributed by atoms with E-state index in [-0.39, 0.29) is 24.0 Å². The monoisotopic (exact) mass is 509 g/mol. The molecule has 1 N–H and O–H groups in total. The lowest BCUT2D eigenvalue weighted by Gasteiger charge is -2.36. The fourth-order valence-electron chi connectivity index (χ4n) is 4.05. The zero-order valence-electron chi connectivity index (χ0n) is 20.5. The zero-order valence-corrected chi connectivity index (χ0v) is 21.3. The molecule has 0 radical (unpaired) electrons. The third-order valence-corrected chi connectivity index (χ3v) is 7.59. The van der Waals surface area contributed by atoms with Crippen LogP contribution in [-0.4, -0.2) is 59.1 Å². The van der Waals surface area contributed by atoms with Gasteiger partial charge in [0.25, 0.3) is 5.91 Å². The van der Waals surface area contributed by atoms with Crippen molar-refractivity contribution >= 4 is 21.6 Å². The van der Waals surface area contributed by atoms with Gasteiger partial charge in [-0.3, -0.25) is 4.79 Å². The van der Waals surface area contributed by atoms with Crippen LogP contribution in [-0.2, 0) is 21.4 Å². The van der Waals surface area contributed by atoms with Crippen LogP contribution in [0, 0.1) is 6.92 Å². The summed E-state index contributed by atoms with van der Waals surface area (Å²) in [5.74, 6) is 1.21. The van der Waals surface area contributed by atoms with Crippen molar-refractivity contribution in [1.29, 1.82) is 0 Å². The van der Waals surface area contributed by atoms with Gasteiger partial charge in [0.1, 0.15) is 11.5 Å². The molecule has 1 saturated heterocycles. The molecule has 190 valence electrons. The maximum absolute atomic E-state index is 12.7. The van der Waals surface area contributed by atoms with E-state index in [0.717, 1.165) is 30.1 Å². The van der Waals surface area contributed by atoms with Gasteiger partial charge >= 0.3 is 0 Å². The van der Waals surface area contributed by atoms with Crippen molar-refractivity contribution in [3.05, 3.63) is 83.9 Å². The number of piperazine rings is 1. The minimum Gasteiger partial charge on any atom is -0.497 e. The Morgan fingerprint density at radius 2 is 1.64 bits per heavy atom. The molecule has 1 heterocycles. The first kappa shape index (κ1) is 25.5. The van der Waals surface area contributed by atoms with Crippen LogP contribution in [0.5, 0.6) is 11.5 Å². The molecule has 3 aromatic carbocycles. The summed E-state index contributed by atoms with van der Waals surface area (Å²) in [6.07, 6.45) is 0. The van der Waals surface area contributed by atoms with Crippen LogP contribution in [0.4, 0.5) is 5.69 Å². The number of methoxy groups -OCH3 is 1. The lowest BCUT2D eigenvalue weighted by molar-refractivity contribution is -0.133. The summed E-state index contributed by atoms with van der Waals surface area (Å²) in [6.45, 7) is 4.57. The number of carbonyl (C=O) groups excluding carboxylic acids is 1. The smallest absolute Gasteiger partial charge is 0.260 e. The van der Waals surface area contributed by atoms with Crippen LogP contribution in [0.2, 0.25) is 0 Å². The Balaban J connectivity index is 1.28. The van der Waals surface area contributed by atoms with Crippen LogP contribution >= 0.6 is 0 Å². The lowest BCUT2D eigenvalue weighted by atomic mass is 10.2. The van der Waals surface area contributed by atoms with Gasteiger partial charge in [-0.15, -0.1) is 0 Å². The fraction of sp³-hybridized carbons (Fsp3) is 0.296. The van der Waals surface area contributed by atoms with Gasteiger partial charge in [-0.05, 0) is 60.5 Å². The van der Waals surface area contributed by atoms with Gasteiger partial charge < -0.3 is 19.3 Å². The molecule has 4 rings (SSSR count). The number of nitrogens with one attached hydrogen (secondary N) is 1. The maximum atomic E-state index is 12.7.